The molecule has 0 aliphatic rings. The van der Waals surface area contributed by atoms with E-state index in [9.17, 15) is 0 Å². The summed E-state index contributed by atoms with van der Waals surface area (Å²) in [5.74, 6) is 0.902. The van der Waals surface area contributed by atoms with E-state index >= 15 is 0 Å². The second-order valence-electron chi connectivity index (χ2n) is 5.09. The molecule has 0 saturated carbocycles. The van der Waals surface area contributed by atoms with Crippen LogP contribution >= 0.6 is 0 Å². The average molecular weight is 286 g/mol. The van der Waals surface area contributed by atoms with Crippen molar-refractivity contribution in [3.8, 4) is 16.9 Å². The van der Waals surface area contributed by atoms with Crippen LogP contribution in [0.25, 0.3) is 28.1 Å². The lowest BCUT2D eigenvalue weighted by molar-refractivity contribution is 0.985. The van der Waals surface area contributed by atoms with Crippen LogP contribution in [0.4, 0.5) is 0 Å². The minimum absolute atomic E-state index is 0.829. The van der Waals surface area contributed by atoms with Gasteiger partial charge in [0.15, 0.2) is 5.65 Å². The van der Waals surface area contributed by atoms with Crippen LogP contribution in [0.1, 0.15) is 5.82 Å². The zero-order valence-corrected chi connectivity index (χ0v) is 12.1. The van der Waals surface area contributed by atoms with Gasteiger partial charge in [-0.25, -0.2) is 15.0 Å². The highest BCUT2D eigenvalue weighted by atomic mass is 15.1. The number of imidazole rings is 1. The zero-order valence-electron chi connectivity index (χ0n) is 12.1. The lowest BCUT2D eigenvalue weighted by Gasteiger charge is -2.06. The number of aromatic nitrogens is 4. The molecule has 0 atom stereocenters. The molecule has 4 aromatic rings. The Morgan fingerprint density at radius 2 is 1.50 bits per heavy atom. The largest absolute Gasteiger partial charge is 0.281 e. The Labute approximate surface area is 128 Å². The van der Waals surface area contributed by atoms with Crippen molar-refractivity contribution in [1.82, 2.24) is 19.5 Å². The maximum atomic E-state index is 4.70. The van der Waals surface area contributed by atoms with Crippen molar-refractivity contribution in [3.05, 3.63) is 72.8 Å². The maximum Gasteiger partial charge on any atom is 0.168 e. The predicted octanol–water partition coefficient (Wildman–Crippen LogP) is 3.79. The molecule has 22 heavy (non-hydrogen) atoms. The monoisotopic (exact) mass is 286 g/mol. The van der Waals surface area contributed by atoms with Gasteiger partial charge in [0.1, 0.15) is 23.4 Å². The van der Waals surface area contributed by atoms with Crippen molar-refractivity contribution in [2.24, 2.45) is 0 Å². The predicted molar refractivity (Wildman–Crippen MR) is 86.8 cm³/mol. The summed E-state index contributed by atoms with van der Waals surface area (Å²) in [6, 6.07) is 20.2. The summed E-state index contributed by atoms with van der Waals surface area (Å²) in [7, 11) is 0. The number of hydrogen-bond acceptors (Lipinski definition) is 3. The summed E-state index contributed by atoms with van der Waals surface area (Å²) in [4.78, 5) is 13.6. The van der Waals surface area contributed by atoms with E-state index < -0.39 is 0 Å². The third-order valence-electron chi connectivity index (χ3n) is 3.67. The van der Waals surface area contributed by atoms with E-state index in [0.29, 0.717) is 0 Å². The fourth-order valence-corrected chi connectivity index (χ4v) is 2.69. The van der Waals surface area contributed by atoms with Gasteiger partial charge in [0.25, 0.3) is 0 Å². The van der Waals surface area contributed by atoms with Crippen molar-refractivity contribution < 1.29 is 0 Å². The van der Waals surface area contributed by atoms with E-state index in [-0.39, 0.29) is 0 Å². The van der Waals surface area contributed by atoms with Gasteiger partial charge in [-0.15, -0.1) is 0 Å². The molecule has 0 aliphatic heterocycles. The van der Waals surface area contributed by atoms with E-state index in [1.165, 1.54) is 0 Å². The SMILES string of the molecule is Cc1nc2c(-c3ccccc3)ncnc2n1-c1ccccc1. The number of aryl methyl sites for hydroxylation is 1. The van der Waals surface area contributed by atoms with E-state index in [2.05, 4.69) is 26.7 Å². The van der Waals surface area contributed by atoms with Crippen LogP contribution in [0.5, 0.6) is 0 Å². The summed E-state index contributed by atoms with van der Waals surface area (Å²) >= 11 is 0. The molecule has 0 spiro atoms. The topological polar surface area (TPSA) is 43.6 Å². The second kappa shape index (κ2) is 5.07. The maximum absolute atomic E-state index is 4.70. The van der Waals surface area contributed by atoms with Crippen LogP contribution in [-0.4, -0.2) is 19.5 Å². The standard InChI is InChI=1S/C18H14N4/c1-13-21-17-16(14-8-4-2-5-9-14)19-12-20-18(17)22(13)15-10-6-3-7-11-15/h2-12H,1H3. The third kappa shape index (κ3) is 1.97. The van der Waals surface area contributed by atoms with Crippen molar-refractivity contribution in [3.63, 3.8) is 0 Å². The molecule has 0 aliphatic carbocycles. The Bertz CT molecular complexity index is 927. The number of fused-ring (bicyclic) bond motifs is 1. The second-order valence-corrected chi connectivity index (χ2v) is 5.09. The fourth-order valence-electron chi connectivity index (χ4n) is 2.69. The molecule has 0 N–H and O–H groups in total. The van der Waals surface area contributed by atoms with E-state index in [0.717, 1.165) is 33.9 Å². The van der Waals surface area contributed by atoms with Gasteiger partial charge in [0, 0.05) is 11.3 Å². The summed E-state index contributed by atoms with van der Waals surface area (Å²) in [6.07, 6.45) is 1.60. The Kier molecular flexibility index (Phi) is 2.93. The van der Waals surface area contributed by atoms with Gasteiger partial charge in [-0.1, -0.05) is 48.5 Å². The molecule has 0 fully saturated rings. The van der Waals surface area contributed by atoms with Gasteiger partial charge >= 0.3 is 0 Å². The molecule has 2 heterocycles. The first-order chi connectivity index (χ1) is 10.8. The smallest absolute Gasteiger partial charge is 0.168 e. The van der Waals surface area contributed by atoms with Crippen molar-refractivity contribution in [2.45, 2.75) is 6.92 Å². The number of nitrogens with zero attached hydrogens (tertiary/aromatic N) is 4. The molecular formula is C18H14N4. The first kappa shape index (κ1) is 12.7. The molecule has 4 rings (SSSR count). The fraction of sp³-hybridized carbons (Fsp3) is 0.0556. The zero-order chi connectivity index (χ0) is 14.9. The van der Waals surface area contributed by atoms with Gasteiger partial charge in [-0.2, -0.15) is 0 Å². The first-order valence-electron chi connectivity index (χ1n) is 7.15. The Hall–Kier alpha value is -3.01. The van der Waals surface area contributed by atoms with Crippen LogP contribution in [0, 0.1) is 6.92 Å². The summed E-state index contributed by atoms with van der Waals surface area (Å²) in [6.45, 7) is 1.99. The molecule has 4 heteroatoms. The highest BCUT2D eigenvalue weighted by molar-refractivity contribution is 5.88. The van der Waals surface area contributed by atoms with Gasteiger partial charge in [0.05, 0.1) is 0 Å². The molecular weight excluding hydrogens is 272 g/mol. The van der Waals surface area contributed by atoms with Crippen LogP contribution in [-0.2, 0) is 0 Å². The Morgan fingerprint density at radius 3 is 2.23 bits per heavy atom. The van der Waals surface area contributed by atoms with E-state index in [1.54, 1.807) is 6.33 Å². The highest BCUT2D eigenvalue weighted by Crippen LogP contribution is 2.27. The summed E-state index contributed by atoms with van der Waals surface area (Å²) in [5, 5.41) is 0. The number of rotatable bonds is 2. The summed E-state index contributed by atoms with van der Waals surface area (Å²) < 4.78 is 2.06. The lowest BCUT2D eigenvalue weighted by Crippen LogP contribution is -1.98. The Morgan fingerprint density at radius 1 is 0.818 bits per heavy atom. The molecule has 0 radical (unpaired) electrons. The molecule has 2 aromatic carbocycles. The first-order valence-corrected chi connectivity index (χ1v) is 7.15. The molecule has 0 amide bonds. The third-order valence-corrected chi connectivity index (χ3v) is 3.67. The van der Waals surface area contributed by atoms with Gasteiger partial charge in [-0.05, 0) is 19.1 Å². The highest BCUT2D eigenvalue weighted by Gasteiger charge is 2.15. The molecule has 2 aromatic heterocycles. The van der Waals surface area contributed by atoms with Crippen LogP contribution in [0.15, 0.2) is 67.0 Å². The van der Waals surface area contributed by atoms with Crippen molar-refractivity contribution in [1.29, 1.82) is 0 Å². The molecule has 0 unspecified atom stereocenters. The number of hydrogen-bond donors (Lipinski definition) is 0. The average Bonchev–Trinajstić information content (AvgIpc) is 2.92. The molecule has 0 saturated heterocycles. The molecule has 4 nitrogen and oxygen atoms in total. The van der Waals surface area contributed by atoms with Gasteiger partial charge in [0.2, 0.25) is 0 Å². The summed E-state index contributed by atoms with van der Waals surface area (Å²) in [5.41, 5.74) is 4.63. The quantitative estimate of drug-likeness (QED) is 0.563. The van der Waals surface area contributed by atoms with E-state index in [1.807, 2.05) is 55.5 Å². The van der Waals surface area contributed by atoms with E-state index in [4.69, 9.17) is 4.98 Å². The number of para-hydroxylation sites is 1. The van der Waals surface area contributed by atoms with Crippen molar-refractivity contribution in [2.75, 3.05) is 0 Å². The molecule has 0 bridgehead atoms. The Balaban J connectivity index is 2.01. The molecule has 106 valence electrons. The van der Waals surface area contributed by atoms with Gasteiger partial charge in [-0.3, -0.25) is 4.57 Å². The van der Waals surface area contributed by atoms with Gasteiger partial charge < -0.3 is 0 Å². The number of benzene rings is 2. The van der Waals surface area contributed by atoms with Crippen LogP contribution in [0.3, 0.4) is 0 Å². The minimum Gasteiger partial charge on any atom is -0.281 e. The minimum atomic E-state index is 0.829. The normalized spacial score (nSPS) is 11.0. The van der Waals surface area contributed by atoms with Crippen LogP contribution in [0.2, 0.25) is 0 Å². The van der Waals surface area contributed by atoms with Crippen molar-refractivity contribution >= 4 is 11.2 Å². The lowest BCUT2D eigenvalue weighted by atomic mass is 10.1. The van der Waals surface area contributed by atoms with Crippen LogP contribution < -0.4 is 0 Å².